The molecule has 0 spiro atoms. The van der Waals surface area contributed by atoms with E-state index in [2.05, 4.69) is 13.8 Å². The number of carbonyl (C=O) groups is 2. The van der Waals surface area contributed by atoms with Gasteiger partial charge in [-0.3, -0.25) is 9.59 Å². The first-order valence-corrected chi connectivity index (χ1v) is 6.62. The highest BCUT2D eigenvalue weighted by Gasteiger charge is 2.25. The first-order chi connectivity index (χ1) is 8.11. The van der Waals surface area contributed by atoms with E-state index in [9.17, 15) is 9.59 Å². The Bertz CT molecular complexity index is 457. The summed E-state index contributed by atoms with van der Waals surface area (Å²) in [6.45, 7) is 4.87. The van der Waals surface area contributed by atoms with Gasteiger partial charge in [0.1, 0.15) is 6.29 Å². The molecule has 0 aromatic heterocycles. The molecule has 1 aliphatic heterocycles. The third kappa shape index (κ3) is 2.52. The number of thioether (sulfide) groups is 1. The molecule has 4 heteroatoms. The number of fused-ring (bicyclic) bond motifs is 1. The summed E-state index contributed by atoms with van der Waals surface area (Å²) < 4.78 is 0. The minimum Gasteiger partial charge on any atom is -0.310 e. The summed E-state index contributed by atoms with van der Waals surface area (Å²) in [6, 6.07) is 5.51. The zero-order valence-corrected chi connectivity index (χ0v) is 10.8. The van der Waals surface area contributed by atoms with Crippen molar-refractivity contribution in [1.82, 2.24) is 0 Å². The molecule has 1 aromatic carbocycles. The van der Waals surface area contributed by atoms with Crippen molar-refractivity contribution in [3.05, 3.63) is 23.8 Å². The number of anilines is 1. The van der Waals surface area contributed by atoms with Gasteiger partial charge in [-0.2, -0.15) is 0 Å². The molecule has 0 fully saturated rings. The summed E-state index contributed by atoms with van der Waals surface area (Å²) in [5, 5.41) is 0. The molecule has 0 radical (unpaired) electrons. The lowest BCUT2D eigenvalue weighted by molar-refractivity contribution is -0.116. The number of hydrogen-bond donors (Lipinski definition) is 0. The van der Waals surface area contributed by atoms with Gasteiger partial charge in [0, 0.05) is 17.0 Å². The second kappa shape index (κ2) is 4.92. The van der Waals surface area contributed by atoms with Gasteiger partial charge in [-0.05, 0) is 18.1 Å². The van der Waals surface area contributed by atoms with Crippen molar-refractivity contribution in [2.24, 2.45) is 5.92 Å². The Morgan fingerprint density at radius 2 is 2.24 bits per heavy atom. The number of carbonyl (C=O) groups excluding carboxylic acids is 2. The quantitative estimate of drug-likeness (QED) is 0.773. The van der Waals surface area contributed by atoms with Crippen molar-refractivity contribution < 1.29 is 9.59 Å². The molecule has 1 aliphatic rings. The Hall–Kier alpha value is -1.29. The Balaban J connectivity index is 2.41. The Morgan fingerprint density at radius 3 is 2.88 bits per heavy atom. The molecule has 0 aliphatic carbocycles. The number of nitrogens with zero attached hydrogens (tertiary/aromatic N) is 1. The summed E-state index contributed by atoms with van der Waals surface area (Å²) >= 11 is 1.54. The molecule has 90 valence electrons. The van der Waals surface area contributed by atoms with Gasteiger partial charge in [-0.15, -0.1) is 11.8 Å². The third-order valence-electron chi connectivity index (χ3n) is 2.61. The Labute approximate surface area is 105 Å². The minimum absolute atomic E-state index is 0.124. The molecular weight excluding hydrogens is 234 g/mol. The second-order valence-electron chi connectivity index (χ2n) is 4.53. The third-order valence-corrected chi connectivity index (χ3v) is 3.66. The van der Waals surface area contributed by atoms with Crippen LogP contribution in [0.5, 0.6) is 0 Å². The van der Waals surface area contributed by atoms with E-state index in [-0.39, 0.29) is 5.91 Å². The fourth-order valence-electron chi connectivity index (χ4n) is 1.86. The highest BCUT2D eigenvalue weighted by atomic mass is 32.2. The predicted molar refractivity (Wildman–Crippen MR) is 69.7 cm³/mol. The van der Waals surface area contributed by atoms with E-state index in [0.29, 0.717) is 23.8 Å². The van der Waals surface area contributed by atoms with Crippen LogP contribution in [0.2, 0.25) is 0 Å². The van der Waals surface area contributed by atoms with E-state index >= 15 is 0 Å². The maximum absolute atomic E-state index is 11.9. The standard InChI is InChI=1S/C13H15NO2S/c1-9(2)6-14-11-5-10(7-15)3-4-12(11)17-8-13(14)16/h3-5,7,9H,6,8H2,1-2H3. The van der Waals surface area contributed by atoms with Crippen molar-refractivity contribution in [2.75, 3.05) is 17.2 Å². The lowest BCUT2D eigenvalue weighted by atomic mass is 10.1. The molecule has 0 bridgehead atoms. The number of hydrogen-bond acceptors (Lipinski definition) is 3. The molecular formula is C13H15NO2S. The SMILES string of the molecule is CC(C)CN1C(=O)CSc2ccc(C=O)cc21. The molecule has 0 atom stereocenters. The van der Waals surface area contributed by atoms with Crippen LogP contribution in [0.25, 0.3) is 0 Å². The molecule has 1 amide bonds. The van der Waals surface area contributed by atoms with Crippen molar-refractivity contribution >= 4 is 29.6 Å². The second-order valence-corrected chi connectivity index (χ2v) is 5.55. The van der Waals surface area contributed by atoms with Crippen LogP contribution in [-0.2, 0) is 4.79 Å². The summed E-state index contributed by atoms with van der Waals surface area (Å²) in [5.41, 5.74) is 1.50. The van der Waals surface area contributed by atoms with E-state index in [1.165, 1.54) is 11.8 Å². The summed E-state index contributed by atoms with van der Waals surface area (Å²) in [7, 11) is 0. The first-order valence-electron chi connectivity index (χ1n) is 5.64. The normalized spacial score (nSPS) is 15.0. The molecule has 3 nitrogen and oxygen atoms in total. The van der Waals surface area contributed by atoms with Crippen molar-refractivity contribution in [3.63, 3.8) is 0 Å². The van der Waals surface area contributed by atoms with Crippen LogP contribution in [0.15, 0.2) is 23.1 Å². The Morgan fingerprint density at radius 1 is 1.47 bits per heavy atom. The highest BCUT2D eigenvalue weighted by Crippen LogP contribution is 2.36. The van der Waals surface area contributed by atoms with Crippen LogP contribution in [0, 0.1) is 5.92 Å². The fourth-order valence-corrected chi connectivity index (χ4v) is 2.77. The average Bonchev–Trinajstić information content (AvgIpc) is 2.32. The van der Waals surface area contributed by atoms with E-state index in [0.717, 1.165) is 16.9 Å². The summed E-state index contributed by atoms with van der Waals surface area (Å²) in [4.78, 5) is 25.6. The van der Waals surface area contributed by atoms with Gasteiger partial charge in [0.05, 0.1) is 11.4 Å². The van der Waals surface area contributed by atoms with Gasteiger partial charge in [-0.1, -0.05) is 19.9 Å². The average molecular weight is 249 g/mol. The van der Waals surface area contributed by atoms with Crippen LogP contribution in [0.1, 0.15) is 24.2 Å². The molecule has 0 unspecified atom stereocenters. The van der Waals surface area contributed by atoms with Crippen molar-refractivity contribution in [3.8, 4) is 0 Å². The zero-order valence-electron chi connectivity index (χ0n) is 9.97. The number of amides is 1. The molecule has 1 aromatic rings. The molecule has 2 rings (SSSR count). The smallest absolute Gasteiger partial charge is 0.237 e. The van der Waals surface area contributed by atoms with Gasteiger partial charge in [0.15, 0.2) is 0 Å². The maximum atomic E-state index is 11.9. The molecule has 0 N–H and O–H groups in total. The fraction of sp³-hybridized carbons (Fsp3) is 0.385. The van der Waals surface area contributed by atoms with E-state index in [4.69, 9.17) is 0 Å². The predicted octanol–water partition coefficient (Wildman–Crippen LogP) is 2.59. The van der Waals surface area contributed by atoms with E-state index in [1.807, 2.05) is 6.07 Å². The Kier molecular flexibility index (Phi) is 3.52. The molecule has 17 heavy (non-hydrogen) atoms. The van der Waals surface area contributed by atoms with E-state index in [1.54, 1.807) is 17.0 Å². The van der Waals surface area contributed by atoms with Crippen LogP contribution < -0.4 is 4.90 Å². The summed E-state index contributed by atoms with van der Waals surface area (Å²) in [6.07, 6.45) is 0.817. The van der Waals surface area contributed by atoms with Gasteiger partial charge in [-0.25, -0.2) is 0 Å². The van der Waals surface area contributed by atoms with Crippen LogP contribution >= 0.6 is 11.8 Å². The molecule has 0 saturated heterocycles. The zero-order chi connectivity index (χ0) is 12.4. The topological polar surface area (TPSA) is 37.4 Å². The van der Waals surface area contributed by atoms with Crippen LogP contribution in [0.4, 0.5) is 5.69 Å². The van der Waals surface area contributed by atoms with Crippen molar-refractivity contribution in [2.45, 2.75) is 18.7 Å². The lowest BCUT2D eigenvalue weighted by Gasteiger charge is -2.30. The highest BCUT2D eigenvalue weighted by molar-refractivity contribution is 8.00. The molecule has 0 saturated carbocycles. The minimum atomic E-state index is 0.124. The van der Waals surface area contributed by atoms with Gasteiger partial charge < -0.3 is 4.90 Å². The molecule has 1 heterocycles. The lowest BCUT2D eigenvalue weighted by Crippen LogP contribution is -2.38. The van der Waals surface area contributed by atoms with Gasteiger partial charge >= 0.3 is 0 Å². The van der Waals surface area contributed by atoms with Gasteiger partial charge in [0.25, 0.3) is 0 Å². The number of benzene rings is 1. The van der Waals surface area contributed by atoms with Gasteiger partial charge in [0.2, 0.25) is 5.91 Å². The van der Waals surface area contributed by atoms with E-state index < -0.39 is 0 Å². The number of aldehydes is 1. The monoisotopic (exact) mass is 249 g/mol. The largest absolute Gasteiger partial charge is 0.310 e. The van der Waals surface area contributed by atoms with Crippen LogP contribution in [-0.4, -0.2) is 24.5 Å². The van der Waals surface area contributed by atoms with Crippen molar-refractivity contribution in [1.29, 1.82) is 0 Å². The first kappa shape index (κ1) is 12.2. The maximum Gasteiger partial charge on any atom is 0.237 e. The summed E-state index contributed by atoms with van der Waals surface area (Å²) in [5.74, 6) is 1.02. The number of rotatable bonds is 3. The van der Waals surface area contributed by atoms with Crippen LogP contribution in [0.3, 0.4) is 0 Å².